The first-order valence-electron chi connectivity index (χ1n) is 17.4. The summed E-state index contributed by atoms with van der Waals surface area (Å²) in [6, 6.07) is 72.1. The number of nitrogens with zero attached hydrogens (tertiary/aromatic N) is 3. The third-order valence-corrected chi connectivity index (χ3v) is 10.1. The summed E-state index contributed by atoms with van der Waals surface area (Å²) in [5, 5.41) is 4.95. The second kappa shape index (κ2) is 11.9. The summed E-state index contributed by atoms with van der Waals surface area (Å²) in [4.78, 5) is 2.34. The van der Waals surface area contributed by atoms with Crippen molar-refractivity contribution in [2.75, 3.05) is 4.90 Å². The van der Waals surface area contributed by atoms with E-state index in [1.165, 1.54) is 60.4 Å². The van der Waals surface area contributed by atoms with Crippen LogP contribution in [0.1, 0.15) is 0 Å². The lowest BCUT2D eigenvalue weighted by atomic mass is 10.0. The molecule has 2 aromatic heterocycles. The van der Waals surface area contributed by atoms with E-state index in [-0.39, 0.29) is 0 Å². The van der Waals surface area contributed by atoms with Gasteiger partial charge in [0.2, 0.25) is 0 Å². The van der Waals surface area contributed by atoms with Crippen LogP contribution >= 0.6 is 0 Å². The number of fused-ring (bicyclic) bond motifs is 6. The Labute approximate surface area is 296 Å². The van der Waals surface area contributed by atoms with E-state index < -0.39 is 0 Å². The van der Waals surface area contributed by atoms with Crippen LogP contribution in [0.5, 0.6) is 0 Å². The number of hydrogen-bond donors (Lipinski definition) is 0. The van der Waals surface area contributed by atoms with Crippen molar-refractivity contribution in [2.24, 2.45) is 0 Å². The molecule has 0 saturated carbocycles. The minimum atomic E-state index is 1.12. The third-order valence-electron chi connectivity index (χ3n) is 10.1. The molecule has 0 radical (unpaired) electrons. The zero-order chi connectivity index (χ0) is 33.7. The number of benzene rings is 8. The van der Waals surface area contributed by atoms with Gasteiger partial charge in [0.15, 0.2) is 0 Å². The summed E-state index contributed by atoms with van der Waals surface area (Å²) >= 11 is 0. The molecule has 0 bridgehead atoms. The zero-order valence-corrected chi connectivity index (χ0v) is 27.9. The molecule has 10 aromatic rings. The van der Waals surface area contributed by atoms with E-state index in [1.807, 2.05) is 0 Å². The van der Waals surface area contributed by atoms with Crippen molar-refractivity contribution in [2.45, 2.75) is 0 Å². The van der Waals surface area contributed by atoms with Gasteiger partial charge in [-0.2, -0.15) is 0 Å². The minimum Gasteiger partial charge on any atom is -0.310 e. The van der Waals surface area contributed by atoms with Crippen LogP contribution in [-0.4, -0.2) is 9.13 Å². The summed E-state index contributed by atoms with van der Waals surface area (Å²) in [5.41, 5.74) is 12.9. The summed E-state index contributed by atoms with van der Waals surface area (Å²) in [5.74, 6) is 0. The Morgan fingerprint density at radius 2 is 0.667 bits per heavy atom. The van der Waals surface area contributed by atoms with Gasteiger partial charge in [-0.15, -0.1) is 0 Å². The summed E-state index contributed by atoms with van der Waals surface area (Å²) in [6.45, 7) is 0. The van der Waals surface area contributed by atoms with Crippen LogP contribution in [0.25, 0.3) is 66.1 Å². The Morgan fingerprint density at radius 1 is 0.275 bits per heavy atom. The molecule has 0 aliphatic heterocycles. The van der Waals surface area contributed by atoms with E-state index in [0.717, 1.165) is 22.7 Å². The van der Waals surface area contributed by atoms with Crippen LogP contribution in [0.15, 0.2) is 200 Å². The Morgan fingerprint density at radius 3 is 1.20 bits per heavy atom. The van der Waals surface area contributed by atoms with Gasteiger partial charge in [0.25, 0.3) is 0 Å². The van der Waals surface area contributed by atoms with Crippen molar-refractivity contribution < 1.29 is 0 Å². The Kier molecular flexibility index (Phi) is 6.81. The maximum absolute atomic E-state index is 2.39. The molecule has 51 heavy (non-hydrogen) atoms. The summed E-state index contributed by atoms with van der Waals surface area (Å²) in [7, 11) is 0. The van der Waals surface area contributed by atoms with Gasteiger partial charge >= 0.3 is 0 Å². The first kappa shape index (κ1) is 29.1. The maximum atomic E-state index is 2.39. The molecule has 0 atom stereocenters. The highest BCUT2D eigenvalue weighted by Crippen LogP contribution is 2.41. The molecule has 2 heterocycles. The van der Waals surface area contributed by atoms with Gasteiger partial charge in [-0.1, -0.05) is 103 Å². The van der Waals surface area contributed by atoms with Gasteiger partial charge < -0.3 is 14.0 Å². The SMILES string of the molecule is c1ccc(N(c2ccccc2)c2ccc3c(c2)c2cc(-c4ccc5c(c4)c4ccccc4n5-c4ccccc4)ccc2n3-c2ccccc2)cc1. The average molecular weight is 652 g/mol. The largest absolute Gasteiger partial charge is 0.310 e. The van der Waals surface area contributed by atoms with Crippen molar-refractivity contribution in [3.05, 3.63) is 200 Å². The van der Waals surface area contributed by atoms with E-state index in [9.17, 15) is 0 Å². The molecule has 8 aromatic carbocycles. The van der Waals surface area contributed by atoms with Gasteiger partial charge in [-0.3, -0.25) is 0 Å². The third kappa shape index (κ3) is 4.82. The molecular weight excluding hydrogens is 619 g/mol. The lowest BCUT2D eigenvalue weighted by molar-refractivity contribution is 1.18. The molecule has 0 amide bonds. The molecule has 240 valence electrons. The lowest BCUT2D eigenvalue weighted by Crippen LogP contribution is -2.09. The number of aromatic nitrogens is 2. The quantitative estimate of drug-likeness (QED) is 0.174. The number of para-hydroxylation sites is 5. The molecule has 0 fully saturated rings. The molecule has 0 aliphatic rings. The van der Waals surface area contributed by atoms with Crippen LogP contribution in [0.3, 0.4) is 0 Å². The number of hydrogen-bond acceptors (Lipinski definition) is 1. The van der Waals surface area contributed by atoms with Gasteiger partial charge in [0.1, 0.15) is 0 Å². The monoisotopic (exact) mass is 651 g/mol. The second-order valence-corrected chi connectivity index (χ2v) is 13.0. The van der Waals surface area contributed by atoms with Crippen molar-refractivity contribution in [1.82, 2.24) is 9.13 Å². The molecule has 3 nitrogen and oxygen atoms in total. The number of anilines is 3. The van der Waals surface area contributed by atoms with Crippen molar-refractivity contribution in [3.8, 4) is 22.5 Å². The predicted molar refractivity (Wildman–Crippen MR) is 215 cm³/mol. The van der Waals surface area contributed by atoms with Crippen LogP contribution < -0.4 is 4.90 Å². The molecule has 3 heteroatoms. The fourth-order valence-corrected chi connectivity index (χ4v) is 7.79. The summed E-state index contributed by atoms with van der Waals surface area (Å²) < 4.78 is 4.77. The van der Waals surface area contributed by atoms with Crippen LogP contribution in [0, 0.1) is 0 Å². The Bertz CT molecular complexity index is 2790. The van der Waals surface area contributed by atoms with Crippen molar-refractivity contribution in [3.63, 3.8) is 0 Å². The molecule has 10 rings (SSSR count). The summed E-state index contributed by atoms with van der Waals surface area (Å²) in [6.07, 6.45) is 0. The molecular formula is C48H33N3. The van der Waals surface area contributed by atoms with E-state index in [2.05, 4.69) is 214 Å². The highest BCUT2D eigenvalue weighted by molar-refractivity contribution is 6.13. The lowest BCUT2D eigenvalue weighted by Gasteiger charge is -2.25. The molecule has 0 saturated heterocycles. The predicted octanol–water partition coefficient (Wildman–Crippen LogP) is 13.0. The average Bonchev–Trinajstić information content (AvgIpc) is 3.71. The van der Waals surface area contributed by atoms with E-state index in [1.54, 1.807) is 0 Å². The Hall–Kier alpha value is -6.84. The zero-order valence-electron chi connectivity index (χ0n) is 27.9. The topological polar surface area (TPSA) is 13.1 Å². The van der Waals surface area contributed by atoms with E-state index >= 15 is 0 Å². The van der Waals surface area contributed by atoms with E-state index in [4.69, 9.17) is 0 Å². The number of rotatable bonds is 6. The van der Waals surface area contributed by atoms with Gasteiger partial charge in [-0.05, 0) is 108 Å². The van der Waals surface area contributed by atoms with Crippen LogP contribution in [-0.2, 0) is 0 Å². The first-order chi connectivity index (χ1) is 25.3. The highest BCUT2D eigenvalue weighted by Gasteiger charge is 2.19. The van der Waals surface area contributed by atoms with Crippen LogP contribution in [0.4, 0.5) is 17.1 Å². The van der Waals surface area contributed by atoms with Gasteiger partial charge in [-0.25, -0.2) is 0 Å². The molecule has 0 spiro atoms. The van der Waals surface area contributed by atoms with E-state index in [0.29, 0.717) is 0 Å². The Balaban J connectivity index is 1.20. The molecule has 0 unspecified atom stereocenters. The molecule has 0 N–H and O–H groups in total. The van der Waals surface area contributed by atoms with Crippen molar-refractivity contribution in [1.29, 1.82) is 0 Å². The van der Waals surface area contributed by atoms with Gasteiger partial charge in [0, 0.05) is 50.0 Å². The normalized spacial score (nSPS) is 11.5. The first-order valence-corrected chi connectivity index (χ1v) is 17.4. The fourth-order valence-electron chi connectivity index (χ4n) is 7.79. The smallest absolute Gasteiger partial charge is 0.0542 e. The van der Waals surface area contributed by atoms with Crippen molar-refractivity contribution >= 4 is 60.7 Å². The van der Waals surface area contributed by atoms with Crippen LogP contribution in [0.2, 0.25) is 0 Å². The standard InChI is InChI=1S/C48H33N3/c1-5-15-36(16-6-1)49(37-17-7-2-8-18-37)40-27-30-48-44(33-40)43-32-35(26-29-47(43)51(48)39-21-11-4-12-22-39)34-25-28-46-42(31-34)41-23-13-14-24-45(41)50(46)38-19-9-3-10-20-38/h1-33H. The van der Waals surface area contributed by atoms with Gasteiger partial charge in [0.05, 0.1) is 22.1 Å². The fraction of sp³-hybridized carbons (Fsp3) is 0. The maximum Gasteiger partial charge on any atom is 0.0542 e. The highest BCUT2D eigenvalue weighted by atomic mass is 15.1. The molecule has 0 aliphatic carbocycles. The minimum absolute atomic E-state index is 1.12. The second-order valence-electron chi connectivity index (χ2n) is 13.0.